The summed E-state index contributed by atoms with van der Waals surface area (Å²) in [5, 5.41) is 3.74. The highest BCUT2D eigenvalue weighted by molar-refractivity contribution is 9.10. The van der Waals surface area contributed by atoms with Crippen molar-refractivity contribution in [3.8, 4) is 5.75 Å². The number of nitrogens with one attached hydrogen (secondary N) is 1. The molecule has 162 valence electrons. The minimum Gasteiger partial charge on any atom is -0.484 e. The van der Waals surface area contributed by atoms with Gasteiger partial charge < -0.3 is 15.0 Å². The summed E-state index contributed by atoms with van der Waals surface area (Å²) in [6, 6.07) is 9.94. The Kier molecular flexibility index (Phi) is 9.46. The molecule has 2 rings (SSSR count). The van der Waals surface area contributed by atoms with Crippen LogP contribution < -0.4 is 10.1 Å². The lowest BCUT2D eigenvalue weighted by Crippen LogP contribution is -2.50. The molecule has 1 atom stereocenters. The SMILES string of the molecule is CCNC(=O)[C@@H](CC)N(Cc1ccc(Cl)cc1Cl)C(=O)COc1ccc(Br)c(C)c1. The number of halogens is 3. The Morgan fingerprint density at radius 2 is 1.90 bits per heavy atom. The Morgan fingerprint density at radius 3 is 2.50 bits per heavy atom. The highest BCUT2D eigenvalue weighted by Crippen LogP contribution is 2.25. The third-order valence-corrected chi connectivity index (χ3v) is 6.06. The second-order valence-electron chi connectivity index (χ2n) is 6.78. The molecule has 0 fully saturated rings. The number of hydrogen-bond acceptors (Lipinski definition) is 3. The molecule has 0 aliphatic rings. The van der Waals surface area contributed by atoms with Crippen molar-refractivity contribution in [3.63, 3.8) is 0 Å². The molecule has 2 amide bonds. The van der Waals surface area contributed by atoms with Crippen LogP contribution >= 0.6 is 39.1 Å². The summed E-state index contributed by atoms with van der Waals surface area (Å²) in [5.74, 6) is 0.0668. The van der Waals surface area contributed by atoms with E-state index in [1.54, 1.807) is 24.3 Å². The highest BCUT2D eigenvalue weighted by Gasteiger charge is 2.29. The van der Waals surface area contributed by atoms with Crippen molar-refractivity contribution in [1.29, 1.82) is 0 Å². The number of amides is 2. The monoisotopic (exact) mass is 514 g/mol. The Balaban J connectivity index is 2.24. The third-order valence-electron chi connectivity index (χ3n) is 4.58. The average Bonchev–Trinajstić information content (AvgIpc) is 2.70. The van der Waals surface area contributed by atoms with Gasteiger partial charge in [-0.05, 0) is 61.7 Å². The molecule has 2 aromatic rings. The fourth-order valence-electron chi connectivity index (χ4n) is 2.98. The molecule has 0 saturated heterocycles. The lowest BCUT2D eigenvalue weighted by atomic mass is 10.1. The molecule has 0 heterocycles. The topological polar surface area (TPSA) is 58.6 Å². The normalized spacial score (nSPS) is 11.7. The van der Waals surface area contributed by atoms with Crippen LogP contribution in [0, 0.1) is 6.92 Å². The quantitative estimate of drug-likeness (QED) is 0.487. The molecule has 8 heteroatoms. The number of likely N-dealkylation sites (N-methyl/N-ethyl adjacent to an activating group) is 1. The van der Waals surface area contributed by atoms with Crippen LogP contribution in [0.5, 0.6) is 5.75 Å². The van der Waals surface area contributed by atoms with Gasteiger partial charge in [0.1, 0.15) is 11.8 Å². The molecule has 0 aromatic heterocycles. The highest BCUT2D eigenvalue weighted by atomic mass is 79.9. The standard InChI is InChI=1S/C22H25BrCl2N2O3/c1-4-20(22(29)26-5-2)27(12-15-6-7-16(24)11-19(15)25)21(28)13-30-17-8-9-18(23)14(3)10-17/h6-11,20H,4-5,12-13H2,1-3H3,(H,26,29)/t20-/m1/s1. The first-order valence-electron chi connectivity index (χ1n) is 9.66. The number of carbonyl (C=O) groups excluding carboxylic acids is 2. The maximum Gasteiger partial charge on any atom is 0.261 e. The minimum atomic E-state index is -0.639. The zero-order chi connectivity index (χ0) is 22.3. The van der Waals surface area contributed by atoms with E-state index in [2.05, 4.69) is 21.2 Å². The van der Waals surface area contributed by atoms with Crippen LogP contribution in [0.3, 0.4) is 0 Å². The van der Waals surface area contributed by atoms with Crippen LogP contribution in [-0.4, -0.2) is 35.9 Å². The molecule has 0 saturated carbocycles. The summed E-state index contributed by atoms with van der Waals surface area (Å²) >= 11 is 15.7. The molecule has 0 bridgehead atoms. The zero-order valence-electron chi connectivity index (χ0n) is 17.2. The van der Waals surface area contributed by atoms with Crippen molar-refractivity contribution >= 4 is 50.9 Å². The van der Waals surface area contributed by atoms with Crippen molar-refractivity contribution in [2.24, 2.45) is 0 Å². The van der Waals surface area contributed by atoms with Gasteiger partial charge in [0, 0.05) is 27.6 Å². The number of carbonyl (C=O) groups is 2. The fourth-order valence-corrected chi connectivity index (χ4v) is 3.69. The van der Waals surface area contributed by atoms with Crippen LogP contribution in [0.15, 0.2) is 40.9 Å². The smallest absolute Gasteiger partial charge is 0.261 e. The van der Waals surface area contributed by atoms with Gasteiger partial charge in [-0.1, -0.05) is 52.1 Å². The molecular weight excluding hydrogens is 491 g/mol. The summed E-state index contributed by atoms with van der Waals surface area (Å²) in [7, 11) is 0. The molecule has 5 nitrogen and oxygen atoms in total. The second-order valence-corrected chi connectivity index (χ2v) is 8.47. The number of benzene rings is 2. The molecule has 0 aliphatic heterocycles. The van der Waals surface area contributed by atoms with Gasteiger partial charge in [0.25, 0.3) is 5.91 Å². The summed E-state index contributed by atoms with van der Waals surface area (Å²) < 4.78 is 6.67. The second kappa shape index (κ2) is 11.6. The van der Waals surface area contributed by atoms with Gasteiger partial charge in [-0.3, -0.25) is 9.59 Å². The maximum atomic E-state index is 13.1. The van der Waals surface area contributed by atoms with E-state index < -0.39 is 6.04 Å². The van der Waals surface area contributed by atoms with Gasteiger partial charge in [0.15, 0.2) is 6.61 Å². The molecule has 0 aliphatic carbocycles. The fraction of sp³-hybridized carbons (Fsp3) is 0.364. The number of hydrogen-bond donors (Lipinski definition) is 1. The minimum absolute atomic E-state index is 0.174. The van der Waals surface area contributed by atoms with Crippen molar-refractivity contribution in [2.45, 2.75) is 39.8 Å². The van der Waals surface area contributed by atoms with Crippen LogP contribution in [0.2, 0.25) is 10.0 Å². The van der Waals surface area contributed by atoms with Gasteiger partial charge in [-0.25, -0.2) is 0 Å². The van der Waals surface area contributed by atoms with Crippen LogP contribution in [0.4, 0.5) is 0 Å². The van der Waals surface area contributed by atoms with Crippen LogP contribution in [-0.2, 0) is 16.1 Å². The first kappa shape index (κ1) is 24.5. The summed E-state index contributed by atoms with van der Waals surface area (Å²) in [5.41, 5.74) is 1.70. The molecule has 0 spiro atoms. The molecule has 0 radical (unpaired) electrons. The molecule has 1 N–H and O–H groups in total. The zero-order valence-corrected chi connectivity index (χ0v) is 20.3. The predicted octanol–water partition coefficient (Wildman–Crippen LogP) is 5.39. The predicted molar refractivity (Wildman–Crippen MR) is 124 cm³/mol. The van der Waals surface area contributed by atoms with E-state index in [-0.39, 0.29) is 25.0 Å². The largest absolute Gasteiger partial charge is 0.484 e. The van der Waals surface area contributed by atoms with Crippen molar-refractivity contribution in [3.05, 3.63) is 62.0 Å². The lowest BCUT2D eigenvalue weighted by molar-refractivity contribution is -0.142. The summed E-state index contributed by atoms with van der Waals surface area (Å²) in [4.78, 5) is 27.2. The van der Waals surface area contributed by atoms with E-state index in [1.807, 2.05) is 32.9 Å². The van der Waals surface area contributed by atoms with E-state index in [9.17, 15) is 9.59 Å². The number of ether oxygens (including phenoxy) is 1. The first-order valence-corrected chi connectivity index (χ1v) is 11.2. The van der Waals surface area contributed by atoms with Crippen molar-refractivity contribution < 1.29 is 14.3 Å². The van der Waals surface area contributed by atoms with E-state index >= 15 is 0 Å². The molecular formula is C22H25BrCl2N2O3. The molecule has 2 aromatic carbocycles. The van der Waals surface area contributed by atoms with Crippen molar-refractivity contribution in [2.75, 3.05) is 13.2 Å². The third kappa shape index (κ3) is 6.62. The van der Waals surface area contributed by atoms with Gasteiger partial charge >= 0.3 is 0 Å². The lowest BCUT2D eigenvalue weighted by Gasteiger charge is -2.30. The number of nitrogens with zero attached hydrogens (tertiary/aromatic N) is 1. The Morgan fingerprint density at radius 1 is 1.17 bits per heavy atom. The maximum absolute atomic E-state index is 13.1. The Bertz CT molecular complexity index is 908. The van der Waals surface area contributed by atoms with Gasteiger partial charge in [0.2, 0.25) is 5.91 Å². The van der Waals surface area contributed by atoms with E-state index in [0.717, 1.165) is 10.0 Å². The average molecular weight is 516 g/mol. The van der Waals surface area contributed by atoms with Gasteiger partial charge in [-0.2, -0.15) is 0 Å². The van der Waals surface area contributed by atoms with E-state index in [1.165, 1.54) is 4.90 Å². The number of rotatable bonds is 9. The van der Waals surface area contributed by atoms with Gasteiger partial charge in [-0.15, -0.1) is 0 Å². The van der Waals surface area contributed by atoms with Crippen LogP contribution in [0.1, 0.15) is 31.4 Å². The number of aryl methyl sites for hydroxylation is 1. The van der Waals surface area contributed by atoms with E-state index in [0.29, 0.717) is 34.3 Å². The Hall–Kier alpha value is -1.76. The van der Waals surface area contributed by atoms with Gasteiger partial charge in [0.05, 0.1) is 0 Å². The van der Waals surface area contributed by atoms with Crippen molar-refractivity contribution in [1.82, 2.24) is 10.2 Å². The van der Waals surface area contributed by atoms with Crippen LogP contribution in [0.25, 0.3) is 0 Å². The van der Waals surface area contributed by atoms with E-state index in [4.69, 9.17) is 27.9 Å². The molecule has 30 heavy (non-hydrogen) atoms. The molecule has 0 unspecified atom stereocenters. The first-order chi connectivity index (χ1) is 14.3. The summed E-state index contributed by atoms with van der Waals surface area (Å²) in [6.45, 7) is 6.10. The Labute approximate surface area is 195 Å². The summed E-state index contributed by atoms with van der Waals surface area (Å²) in [6.07, 6.45) is 0.459.